The molecule has 0 fully saturated rings. The lowest BCUT2D eigenvalue weighted by molar-refractivity contribution is -0.392. The summed E-state index contributed by atoms with van der Waals surface area (Å²) in [4.78, 5) is 34.7. The Morgan fingerprint density at radius 1 is 1.23 bits per heavy atom. The summed E-state index contributed by atoms with van der Waals surface area (Å²) >= 11 is 0.972. The van der Waals surface area contributed by atoms with E-state index in [9.17, 15) is 25.0 Å². The fourth-order valence-electron chi connectivity index (χ4n) is 2.06. The van der Waals surface area contributed by atoms with Crippen molar-refractivity contribution in [2.24, 2.45) is 0 Å². The van der Waals surface area contributed by atoms with Crippen LogP contribution in [0.2, 0.25) is 0 Å². The van der Waals surface area contributed by atoms with Crippen LogP contribution < -0.4 is 5.56 Å². The fraction of sp³-hybridized carbons (Fsp3) is 0.417. The number of hydrogen-bond acceptors (Lipinski definition) is 7. The first-order valence-corrected chi connectivity index (χ1v) is 7.20. The molecule has 0 unspecified atom stereocenters. The number of hydrogen-bond donors (Lipinski definition) is 0. The molecular weight excluding hydrogens is 312 g/mol. The third-order valence-electron chi connectivity index (χ3n) is 3.09. The number of non-ortho nitro benzene ring substituents is 2. The lowest BCUT2D eigenvalue weighted by Crippen LogP contribution is -2.18. The summed E-state index contributed by atoms with van der Waals surface area (Å²) in [6, 6.07) is 1.99. The Hall–Kier alpha value is -2.33. The van der Waals surface area contributed by atoms with E-state index in [0.29, 0.717) is 13.0 Å². The number of nitrogens with zero attached hydrogens (tertiary/aromatic N) is 4. The molecule has 1 aromatic carbocycles. The van der Waals surface area contributed by atoms with Crippen LogP contribution in [0.4, 0.5) is 11.4 Å². The molecule has 9 nitrogen and oxygen atoms in total. The first kappa shape index (κ1) is 16.0. The van der Waals surface area contributed by atoms with Gasteiger partial charge in [0, 0.05) is 12.6 Å². The lowest BCUT2D eigenvalue weighted by Gasteiger charge is -2.08. The molecule has 0 aliphatic rings. The minimum Gasteiger partial charge on any atom is -0.309 e. The van der Waals surface area contributed by atoms with Gasteiger partial charge in [-0.3, -0.25) is 29.0 Å². The van der Waals surface area contributed by atoms with E-state index in [0.717, 1.165) is 30.2 Å². The number of aryl methyl sites for hydroxylation is 1. The molecule has 0 saturated carbocycles. The molecule has 0 amide bonds. The summed E-state index contributed by atoms with van der Waals surface area (Å²) < 4.78 is 1.58. The summed E-state index contributed by atoms with van der Waals surface area (Å²) in [7, 11) is 3.81. The average molecular weight is 326 g/mol. The molecule has 22 heavy (non-hydrogen) atoms. The highest BCUT2D eigenvalue weighted by atomic mass is 32.1. The Labute approximate surface area is 128 Å². The van der Waals surface area contributed by atoms with Gasteiger partial charge in [-0.15, -0.1) is 0 Å². The quantitative estimate of drug-likeness (QED) is 0.591. The van der Waals surface area contributed by atoms with Crippen LogP contribution in [-0.2, 0) is 6.54 Å². The monoisotopic (exact) mass is 326 g/mol. The van der Waals surface area contributed by atoms with Gasteiger partial charge in [0.1, 0.15) is 4.70 Å². The van der Waals surface area contributed by atoms with Crippen molar-refractivity contribution in [2.45, 2.75) is 13.0 Å². The molecule has 0 radical (unpaired) electrons. The molecule has 10 heteroatoms. The highest BCUT2D eigenvalue weighted by molar-refractivity contribution is 7.14. The van der Waals surface area contributed by atoms with Gasteiger partial charge in [0.25, 0.3) is 16.9 Å². The maximum absolute atomic E-state index is 12.3. The fourth-order valence-corrected chi connectivity index (χ4v) is 3.15. The predicted octanol–water partition coefficient (Wildman–Crippen LogP) is 1.83. The molecular formula is C12H14N4O5S. The summed E-state index contributed by atoms with van der Waals surface area (Å²) in [5.41, 5.74) is -1.28. The van der Waals surface area contributed by atoms with Crippen LogP contribution in [0.3, 0.4) is 0 Å². The van der Waals surface area contributed by atoms with Crippen LogP contribution >= 0.6 is 11.5 Å². The van der Waals surface area contributed by atoms with Gasteiger partial charge in [0.15, 0.2) is 0 Å². The van der Waals surface area contributed by atoms with Gasteiger partial charge < -0.3 is 4.90 Å². The molecule has 0 N–H and O–H groups in total. The zero-order chi connectivity index (χ0) is 16.4. The van der Waals surface area contributed by atoms with E-state index >= 15 is 0 Å². The zero-order valence-electron chi connectivity index (χ0n) is 12.0. The zero-order valence-corrected chi connectivity index (χ0v) is 12.8. The second-order valence-corrected chi connectivity index (χ2v) is 6.04. The summed E-state index contributed by atoms with van der Waals surface area (Å²) in [6.07, 6.45) is 0.704. The molecule has 1 heterocycles. The number of aromatic nitrogens is 1. The smallest absolute Gasteiger partial charge is 0.295 e. The van der Waals surface area contributed by atoms with Crippen molar-refractivity contribution < 1.29 is 9.85 Å². The van der Waals surface area contributed by atoms with Gasteiger partial charge in [0.05, 0.1) is 21.3 Å². The third-order valence-corrected chi connectivity index (χ3v) is 4.27. The third kappa shape index (κ3) is 3.12. The number of nitro groups is 2. The maximum Gasteiger partial charge on any atom is 0.295 e. The van der Waals surface area contributed by atoms with Gasteiger partial charge in [-0.25, -0.2) is 0 Å². The van der Waals surface area contributed by atoms with Crippen molar-refractivity contribution in [3.8, 4) is 0 Å². The van der Waals surface area contributed by atoms with Crippen LogP contribution in [0, 0.1) is 20.2 Å². The first-order valence-electron chi connectivity index (χ1n) is 6.42. The predicted molar refractivity (Wildman–Crippen MR) is 82.6 cm³/mol. The largest absolute Gasteiger partial charge is 0.309 e. The molecule has 0 bridgehead atoms. The molecule has 0 aliphatic heterocycles. The minimum absolute atomic E-state index is 0.0238. The summed E-state index contributed by atoms with van der Waals surface area (Å²) in [6.45, 7) is 1.18. The van der Waals surface area contributed by atoms with Crippen LogP contribution in [0.1, 0.15) is 6.42 Å². The number of fused-ring (bicyclic) bond motifs is 1. The molecule has 0 saturated heterocycles. The van der Waals surface area contributed by atoms with Crippen molar-refractivity contribution in [1.29, 1.82) is 0 Å². The van der Waals surface area contributed by atoms with E-state index in [1.165, 1.54) is 3.96 Å². The molecule has 0 atom stereocenters. The van der Waals surface area contributed by atoms with Gasteiger partial charge in [-0.05, 0) is 38.6 Å². The summed E-state index contributed by atoms with van der Waals surface area (Å²) in [5.74, 6) is 0. The Balaban J connectivity index is 2.52. The van der Waals surface area contributed by atoms with Crippen molar-refractivity contribution in [3.05, 3.63) is 42.7 Å². The lowest BCUT2D eigenvalue weighted by atomic mass is 10.2. The normalized spacial score (nSPS) is 11.2. The van der Waals surface area contributed by atoms with Gasteiger partial charge in [0.2, 0.25) is 0 Å². The van der Waals surface area contributed by atoms with Gasteiger partial charge >= 0.3 is 0 Å². The highest BCUT2D eigenvalue weighted by Crippen LogP contribution is 2.32. The minimum atomic E-state index is -0.736. The van der Waals surface area contributed by atoms with E-state index in [1.807, 2.05) is 19.0 Å². The molecule has 2 aromatic rings. The molecule has 0 spiro atoms. The van der Waals surface area contributed by atoms with Gasteiger partial charge in [-0.2, -0.15) is 0 Å². The van der Waals surface area contributed by atoms with Crippen molar-refractivity contribution >= 4 is 33.0 Å². The van der Waals surface area contributed by atoms with Crippen molar-refractivity contribution in [3.63, 3.8) is 0 Å². The van der Waals surface area contributed by atoms with Crippen LogP contribution in [0.5, 0.6) is 0 Å². The topological polar surface area (TPSA) is 112 Å². The van der Waals surface area contributed by atoms with Crippen molar-refractivity contribution in [1.82, 2.24) is 8.86 Å². The van der Waals surface area contributed by atoms with E-state index in [2.05, 4.69) is 0 Å². The standard InChI is InChI=1S/C12H14N4O5S/c1-13(2)4-3-5-14-12(17)9-6-8(15(18)19)7-10(16(20)21)11(9)22-14/h6-7H,3-5H2,1-2H3. The van der Waals surface area contributed by atoms with E-state index in [-0.39, 0.29) is 10.1 Å². The SMILES string of the molecule is CN(C)CCCn1sc2c([N+](=O)[O-])cc([N+](=O)[O-])cc2c1=O. The van der Waals surface area contributed by atoms with E-state index in [1.54, 1.807) is 0 Å². The molecule has 2 rings (SSSR count). The van der Waals surface area contributed by atoms with E-state index in [4.69, 9.17) is 0 Å². The number of nitro benzene ring substituents is 2. The maximum atomic E-state index is 12.3. The Morgan fingerprint density at radius 2 is 1.91 bits per heavy atom. The van der Waals surface area contributed by atoms with Crippen molar-refractivity contribution in [2.75, 3.05) is 20.6 Å². The summed E-state index contributed by atoms with van der Waals surface area (Å²) in [5, 5.41) is 22.0. The Bertz CT molecular complexity index is 795. The van der Waals surface area contributed by atoms with Crippen LogP contribution in [0.25, 0.3) is 10.1 Å². The number of rotatable bonds is 6. The average Bonchev–Trinajstić information content (AvgIpc) is 2.74. The second kappa shape index (κ2) is 6.20. The molecule has 118 valence electrons. The van der Waals surface area contributed by atoms with Gasteiger partial charge in [-0.1, -0.05) is 0 Å². The highest BCUT2D eigenvalue weighted by Gasteiger charge is 2.24. The van der Waals surface area contributed by atoms with E-state index < -0.39 is 26.8 Å². The second-order valence-electron chi connectivity index (χ2n) is 5.01. The Kier molecular flexibility index (Phi) is 4.52. The molecule has 0 aliphatic carbocycles. The first-order chi connectivity index (χ1) is 10.3. The van der Waals surface area contributed by atoms with Crippen LogP contribution in [0.15, 0.2) is 16.9 Å². The Morgan fingerprint density at radius 3 is 2.45 bits per heavy atom. The molecule has 1 aromatic heterocycles. The number of benzene rings is 1. The van der Waals surface area contributed by atoms with Crippen LogP contribution in [-0.4, -0.2) is 39.3 Å².